The number of amides is 2. The lowest BCUT2D eigenvalue weighted by Crippen LogP contribution is -2.38. The Bertz CT molecular complexity index is 919. The number of aliphatic hydroxyl groups excluding tert-OH is 1. The maximum atomic E-state index is 12.7. The Labute approximate surface area is 175 Å². The summed E-state index contributed by atoms with van der Waals surface area (Å²) in [6.07, 6.45) is 11.3. The van der Waals surface area contributed by atoms with Crippen LogP contribution in [0.2, 0.25) is 0 Å². The first-order valence-electron chi connectivity index (χ1n) is 9.96. The lowest BCUT2D eigenvalue weighted by Gasteiger charge is -2.31. The zero-order valence-electron chi connectivity index (χ0n) is 16.5. The molecule has 1 fully saturated rings. The van der Waals surface area contributed by atoms with Crippen LogP contribution < -0.4 is 0 Å². The van der Waals surface area contributed by atoms with Crippen molar-refractivity contribution in [1.82, 2.24) is 9.80 Å². The zero-order chi connectivity index (χ0) is 20.9. The summed E-state index contributed by atoms with van der Waals surface area (Å²) in [6.45, 7) is 0.386. The summed E-state index contributed by atoms with van der Waals surface area (Å²) in [6, 6.07) is 9.33. The molecular weight excluding hydrogens is 384 g/mol. The summed E-state index contributed by atoms with van der Waals surface area (Å²) in [5.41, 5.74) is 2.84. The van der Waals surface area contributed by atoms with E-state index in [4.69, 9.17) is 9.47 Å². The third-order valence-electron chi connectivity index (χ3n) is 5.32. The summed E-state index contributed by atoms with van der Waals surface area (Å²) in [5, 5.41) is 9.21. The highest BCUT2D eigenvalue weighted by Crippen LogP contribution is 2.29. The number of cyclic esters (lactones) is 1. The molecule has 7 nitrogen and oxygen atoms in total. The number of carbonyl (C=O) groups excluding carboxylic acids is 2. The minimum atomic E-state index is -0.481. The van der Waals surface area contributed by atoms with E-state index >= 15 is 0 Å². The first kappa shape index (κ1) is 20.0. The molecule has 2 heterocycles. The first-order valence-corrected chi connectivity index (χ1v) is 9.96. The minimum Gasteiger partial charge on any atom is -0.444 e. The summed E-state index contributed by atoms with van der Waals surface area (Å²) in [7, 11) is 0. The van der Waals surface area contributed by atoms with Crippen LogP contribution in [0.15, 0.2) is 78.2 Å². The molecule has 0 saturated carbocycles. The Hall–Kier alpha value is -3.32. The second-order valence-corrected chi connectivity index (χ2v) is 7.30. The zero-order valence-corrected chi connectivity index (χ0v) is 16.5. The van der Waals surface area contributed by atoms with Crippen LogP contribution in [-0.2, 0) is 16.1 Å². The molecule has 30 heavy (non-hydrogen) atoms. The van der Waals surface area contributed by atoms with Crippen molar-refractivity contribution in [3.05, 3.63) is 83.7 Å². The predicted octanol–water partition coefficient (Wildman–Crippen LogP) is 3.49. The van der Waals surface area contributed by atoms with Crippen LogP contribution in [0.1, 0.15) is 18.4 Å². The number of rotatable bonds is 5. The number of hydrogen-bond donors (Lipinski definition) is 1. The van der Waals surface area contributed by atoms with Crippen LogP contribution in [0.25, 0.3) is 0 Å². The Balaban J connectivity index is 1.38. The van der Waals surface area contributed by atoms with Crippen molar-refractivity contribution >= 4 is 12.2 Å². The molecule has 1 aromatic rings. The van der Waals surface area contributed by atoms with Crippen molar-refractivity contribution in [2.24, 2.45) is 0 Å². The van der Waals surface area contributed by atoms with Gasteiger partial charge in [-0.1, -0.05) is 54.6 Å². The van der Waals surface area contributed by atoms with Crippen LogP contribution in [0.5, 0.6) is 0 Å². The van der Waals surface area contributed by atoms with Gasteiger partial charge in [0.25, 0.3) is 0 Å². The van der Waals surface area contributed by atoms with Crippen molar-refractivity contribution in [3.8, 4) is 0 Å². The number of nitrogens with zero attached hydrogens (tertiary/aromatic N) is 2. The molecule has 1 aliphatic carbocycles. The van der Waals surface area contributed by atoms with Crippen molar-refractivity contribution in [1.29, 1.82) is 0 Å². The van der Waals surface area contributed by atoms with Gasteiger partial charge in [-0.05, 0) is 23.6 Å². The van der Waals surface area contributed by atoms with Gasteiger partial charge in [0.05, 0.1) is 19.2 Å². The maximum Gasteiger partial charge on any atom is 0.414 e. The topological polar surface area (TPSA) is 79.3 Å². The molecule has 1 saturated heterocycles. The molecule has 2 atom stereocenters. The van der Waals surface area contributed by atoms with Crippen molar-refractivity contribution in [2.45, 2.75) is 31.6 Å². The molecule has 2 amide bonds. The van der Waals surface area contributed by atoms with Gasteiger partial charge in [-0.3, -0.25) is 9.80 Å². The van der Waals surface area contributed by atoms with Gasteiger partial charge in [0.2, 0.25) is 0 Å². The Morgan fingerprint density at radius 2 is 2.00 bits per heavy atom. The van der Waals surface area contributed by atoms with Crippen LogP contribution in [0, 0.1) is 0 Å². The fourth-order valence-electron chi connectivity index (χ4n) is 3.72. The van der Waals surface area contributed by atoms with E-state index in [0.29, 0.717) is 19.4 Å². The Morgan fingerprint density at radius 1 is 1.17 bits per heavy atom. The number of ether oxygens (including phenoxy) is 2. The standard InChI is InChI=1S/C23H24N2O5/c26-15-20-14-25(23(28)30-20)19-11-9-18(10-12-19)21-8-4-5-13-24(21)22(27)29-16-17-6-2-1-3-7-17/h1-9,12-13,20-21,26H,10-11,14-16H2/t20-,21?/m1/s1. The lowest BCUT2D eigenvalue weighted by molar-refractivity contribution is 0.0951. The van der Waals surface area contributed by atoms with Crippen molar-refractivity contribution in [2.75, 3.05) is 13.2 Å². The SMILES string of the molecule is O=C1O[C@@H](CO)CN1C1=CCC(C2C=CC=CN2C(=O)OCc2ccccc2)=CC1. The molecule has 0 radical (unpaired) electrons. The fourth-order valence-corrected chi connectivity index (χ4v) is 3.72. The largest absolute Gasteiger partial charge is 0.444 e. The quantitative estimate of drug-likeness (QED) is 0.755. The summed E-state index contributed by atoms with van der Waals surface area (Å²) < 4.78 is 10.6. The predicted molar refractivity (Wildman–Crippen MR) is 110 cm³/mol. The molecule has 0 bridgehead atoms. The second-order valence-electron chi connectivity index (χ2n) is 7.30. The molecule has 1 unspecified atom stereocenters. The van der Waals surface area contributed by atoms with Crippen LogP contribution in [0.4, 0.5) is 9.59 Å². The number of aliphatic hydroxyl groups is 1. The van der Waals surface area contributed by atoms with Gasteiger partial charge >= 0.3 is 12.2 Å². The molecule has 7 heteroatoms. The molecule has 4 rings (SSSR count). The average molecular weight is 408 g/mol. The van der Waals surface area contributed by atoms with E-state index < -0.39 is 18.3 Å². The third-order valence-corrected chi connectivity index (χ3v) is 5.32. The number of allylic oxidation sites excluding steroid dienone is 4. The van der Waals surface area contributed by atoms with Crippen molar-refractivity contribution < 1.29 is 24.2 Å². The van der Waals surface area contributed by atoms with Gasteiger partial charge in [-0.2, -0.15) is 0 Å². The van der Waals surface area contributed by atoms with Crippen LogP contribution >= 0.6 is 0 Å². The van der Waals surface area contributed by atoms with Gasteiger partial charge < -0.3 is 14.6 Å². The summed E-state index contributed by atoms with van der Waals surface area (Å²) in [5.74, 6) is 0. The summed E-state index contributed by atoms with van der Waals surface area (Å²) in [4.78, 5) is 27.8. The lowest BCUT2D eigenvalue weighted by atomic mass is 9.94. The number of hydrogen-bond acceptors (Lipinski definition) is 5. The normalized spacial score (nSPS) is 23.2. The number of carbonyl (C=O) groups is 2. The molecule has 3 aliphatic rings. The van der Waals surface area contributed by atoms with Gasteiger partial charge in [0.15, 0.2) is 0 Å². The highest BCUT2D eigenvalue weighted by atomic mass is 16.6. The van der Waals surface area contributed by atoms with Crippen molar-refractivity contribution in [3.63, 3.8) is 0 Å². The Morgan fingerprint density at radius 3 is 2.70 bits per heavy atom. The molecular formula is C23H24N2O5. The fraction of sp³-hybridized carbons (Fsp3) is 0.304. The van der Waals surface area contributed by atoms with E-state index in [9.17, 15) is 14.7 Å². The van der Waals surface area contributed by atoms with Crippen LogP contribution in [-0.4, -0.2) is 52.4 Å². The monoisotopic (exact) mass is 408 g/mol. The van der Waals surface area contributed by atoms with Gasteiger partial charge in [-0.15, -0.1) is 0 Å². The summed E-state index contributed by atoms with van der Waals surface area (Å²) >= 11 is 0. The smallest absolute Gasteiger partial charge is 0.414 e. The molecule has 156 valence electrons. The van der Waals surface area contributed by atoms with E-state index in [2.05, 4.69) is 0 Å². The van der Waals surface area contributed by atoms with E-state index in [-0.39, 0.29) is 19.3 Å². The first-order chi connectivity index (χ1) is 14.7. The van der Waals surface area contributed by atoms with E-state index in [0.717, 1.165) is 16.8 Å². The van der Waals surface area contributed by atoms with Gasteiger partial charge in [-0.25, -0.2) is 9.59 Å². The second kappa shape index (κ2) is 9.00. The molecule has 1 aromatic carbocycles. The van der Waals surface area contributed by atoms with Gasteiger partial charge in [0, 0.05) is 18.3 Å². The van der Waals surface area contributed by atoms with Gasteiger partial charge in [0.1, 0.15) is 12.7 Å². The highest BCUT2D eigenvalue weighted by Gasteiger charge is 2.34. The molecule has 2 aliphatic heterocycles. The Kier molecular flexibility index (Phi) is 5.99. The van der Waals surface area contributed by atoms with E-state index in [1.165, 1.54) is 0 Å². The molecule has 1 N–H and O–H groups in total. The maximum absolute atomic E-state index is 12.7. The third kappa shape index (κ3) is 4.31. The number of benzene rings is 1. The average Bonchev–Trinajstić information content (AvgIpc) is 3.19. The van der Waals surface area contributed by atoms with E-state index in [1.54, 1.807) is 22.1 Å². The minimum absolute atomic E-state index is 0.185. The van der Waals surface area contributed by atoms with Crippen LogP contribution in [0.3, 0.4) is 0 Å². The van der Waals surface area contributed by atoms with E-state index in [1.807, 2.05) is 54.6 Å². The molecule has 0 aromatic heterocycles. The molecule has 0 spiro atoms. The highest BCUT2D eigenvalue weighted by molar-refractivity contribution is 5.73.